The molecule has 1 N–H and O–H groups in total. The standard InChI is InChI=1S/C24H32Cl2N2O4S/c1-8-21(28(33(7,30)31)22-12-17(25)9-10-20(22)26)24(29)27-16(5)19-13-18(14(2)3)23(32-6)11-15(19)4/h9-14,16,21H,8H2,1-7H3,(H,27,29). The molecule has 0 fully saturated rings. The number of benzene rings is 2. The van der Waals surface area contributed by atoms with Crippen LogP contribution in [0.25, 0.3) is 0 Å². The van der Waals surface area contributed by atoms with E-state index < -0.39 is 22.0 Å². The summed E-state index contributed by atoms with van der Waals surface area (Å²) in [5.41, 5.74) is 3.11. The van der Waals surface area contributed by atoms with E-state index in [1.807, 2.05) is 26.0 Å². The van der Waals surface area contributed by atoms with Crippen LogP contribution in [0, 0.1) is 6.92 Å². The average Bonchev–Trinajstić information content (AvgIpc) is 2.72. The van der Waals surface area contributed by atoms with Gasteiger partial charge in [0, 0.05) is 5.02 Å². The van der Waals surface area contributed by atoms with Gasteiger partial charge in [-0.1, -0.05) is 44.0 Å². The van der Waals surface area contributed by atoms with Crippen molar-refractivity contribution in [3.05, 3.63) is 57.1 Å². The minimum atomic E-state index is -3.84. The molecule has 0 saturated carbocycles. The average molecular weight is 516 g/mol. The second-order valence-electron chi connectivity index (χ2n) is 8.41. The van der Waals surface area contributed by atoms with Crippen molar-refractivity contribution in [3.8, 4) is 5.75 Å². The molecule has 2 aromatic carbocycles. The topological polar surface area (TPSA) is 75.7 Å². The first-order chi connectivity index (χ1) is 15.3. The van der Waals surface area contributed by atoms with Crippen molar-refractivity contribution >= 4 is 44.8 Å². The lowest BCUT2D eigenvalue weighted by atomic mass is 9.93. The summed E-state index contributed by atoms with van der Waals surface area (Å²) in [5.74, 6) is 0.610. The van der Waals surface area contributed by atoms with Crippen LogP contribution in [0.4, 0.5) is 5.69 Å². The first kappa shape index (κ1) is 27.3. The second-order valence-corrected chi connectivity index (χ2v) is 11.1. The van der Waals surface area contributed by atoms with Crippen LogP contribution in [0.5, 0.6) is 5.75 Å². The molecule has 0 bridgehead atoms. The Bertz CT molecular complexity index is 1120. The van der Waals surface area contributed by atoms with Gasteiger partial charge in [0.15, 0.2) is 0 Å². The van der Waals surface area contributed by atoms with E-state index in [1.165, 1.54) is 12.1 Å². The number of sulfonamides is 1. The molecule has 2 unspecified atom stereocenters. The summed E-state index contributed by atoms with van der Waals surface area (Å²) in [4.78, 5) is 13.4. The van der Waals surface area contributed by atoms with E-state index in [0.717, 1.165) is 33.0 Å². The fraction of sp³-hybridized carbons (Fsp3) is 0.458. The summed E-state index contributed by atoms with van der Waals surface area (Å²) in [7, 11) is -2.20. The third-order valence-electron chi connectivity index (χ3n) is 5.54. The van der Waals surface area contributed by atoms with Crippen LogP contribution in [-0.4, -0.2) is 33.7 Å². The van der Waals surface area contributed by atoms with E-state index >= 15 is 0 Å². The number of nitrogens with zero attached hydrogens (tertiary/aromatic N) is 1. The lowest BCUT2D eigenvalue weighted by molar-refractivity contribution is -0.122. The SMILES string of the molecule is CCC(C(=O)NC(C)c1cc(C(C)C)c(OC)cc1C)N(c1cc(Cl)ccc1Cl)S(C)(=O)=O. The van der Waals surface area contributed by atoms with E-state index in [-0.39, 0.29) is 29.1 Å². The fourth-order valence-electron chi connectivity index (χ4n) is 3.89. The Hall–Kier alpha value is -1.96. The molecule has 2 rings (SSSR count). The van der Waals surface area contributed by atoms with Gasteiger partial charge in [0.25, 0.3) is 0 Å². The maximum Gasteiger partial charge on any atom is 0.244 e. The molecular weight excluding hydrogens is 483 g/mol. The van der Waals surface area contributed by atoms with Gasteiger partial charge in [0.05, 0.1) is 30.1 Å². The third-order valence-corrected chi connectivity index (χ3v) is 7.26. The molecule has 2 atom stereocenters. The summed E-state index contributed by atoms with van der Waals surface area (Å²) in [6, 6.07) is 7.17. The number of nitrogens with one attached hydrogen (secondary N) is 1. The Morgan fingerprint density at radius 3 is 2.27 bits per heavy atom. The van der Waals surface area contributed by atoms with Crippen molar-refractivity contribution in [3.63, 3.8) is 0 Å². The predicted octanol–water partition coefficient (Wildman–Crippen LogP) is 5.86. The first-order valence-corrected chi connectivity index (χ1v) is 13.3. The monoisotopic (exact) mass is 514 g/mol. The van der Waals surface area contributed by atoms with Crippen molar-refractivity contribution in [2.75, 3.05) is 17.7 Å². The quantitative estimate of drug-likeness (QED) is 0.454. The Labute approximate surface area is 207 Å². The predicted molar refractivity (Wildman–Crippen MR) is 136 cm³/mol. The molecule has 9 heteroatoms. The number of ether oxygens (including phenoxy) is 1. The Morgan fingerprint density at radius 1 is 1.12 bits per heavy atom. The summed E-state index contributed by atoms with van der Waals surface area (Å²) >= 11 is 12.4. The van der Waals surface area contributed by atoms with E-state index in [1.54, 1.807) is 20.1 Å². The molecule has 0 spiro atoms. The lowest BCUT2D eigenvalue weighted by Crippen LogP contribution is -2.50. The van der Waals surface area contributed by atoms with Crippen LogP contribution in [0.2, 0.25) is 10.0 Å². The molecule has 0 aliphatic heterocycles. The van der Waals surface area contributed by atoms with Crippen LogP contribution in [-0.2, 0) is 14.8 Å². The van der Waals surface area contributed by atoms with Crippen molar-refractivity contribution in [2.45, 2.75) is 59.0 Å². The van der Waals surface area contributed by atoms with Gasteiger partial charge in [-0.15, -0.1) is 0 Å². The summed E-state index contributed by atoms with van der Waals surface area (Å²) in [6.07, 6.45) is 1.29. The number of rotatable bonds is 9. The molecule has 33 heavy (non-hydrogen) atoms. The summed E-state index contributed by atoms with van der Waals surface area (Å²) in [5, 5.41) is 3.50. The molecule has 182 valence electrons. The molecule has 1 amide bonds. The molecule has 2 aromatic rings. The Balaban J connectivity index is 2.44. The van der Waals surface area contributed by atoms with Gasteiger partial charge < -0.3 is 10.1 Å². The molecule has 6 nitrogen and oxygen atoms in total. The van der Waals surface area contributed by atoms with E-state index in [0.29, 0.717) is 5.02 Å². The minimum Gasteiger partial charge on any atom is -0.496 e. The third kappa shape index (κ3) is 6.34. The van der Waals surface area contributed by atoms with Crippen molar-refractivity contribution < 1.29 is 17.9 Å². The highest BCUT2D eigenvalue weighted by molar-refractivity contribution is 7.92. The summed E-state index contributed by atoms with van der Waals surface area (Å²) in [6.45, 7) is 9.73. The van der Waals surface area contributed by atoms with Crippen LogP contribution >= 0.6 is 23.2 Å². The Kier molecular flexibility index (Phi) is 9.08. The number of hydrogen-bond acceptors (Lipinski definition) is 4. The smallest absolute Gasteiger partial charge is 0.244 e. The maximum absolute atomic E-state index is 13.4. The number of amides is 1. The van der Waals surface area contributed by atoms with Gasteiger partial charge in [-0.05, 0) is 73.2 Å². The molecule has 0 aliphatic carbocycles. The van der Waals surface area contributed by atoms with Gasteiger partial charge in [-0.25, -0.2) is 8.42 Å². The van der Waals surface area contributed by atoms with E-state index in [9.17, 15) is 13.2 Å². The van der Waals surface area contributed by atoms with E-state index in [2.05, 4.69) is 19.2 Å². The molecule has 0 aliphatic rings. The van der Waals surface area contributed by atoms with Gasteiger partial charge >= 0.3 is 0 Å². The number of methoxy groups -OCH3 is 1. The maximum atomic E-state index is 13.4. The summed E-state index contributed by atoms with van der Waals surface area (Å²) < 4.78 is 32.0. The van der Waals surface area contributed by atoms with Gasteiger partial charge in [-0.2, -0.15) is 0 Å². The van der Waals surface area contributed by atoms with Crippen LogP contribution in [0.1, 0.15) is 62.8 Å². The zero-order valence-corrected chi connectivity index (χ0v) is 22.4. The largest absolute Gasteiger partial charge is 0.496 e. The highest BCUT2D eigenvalue weighted by atomic mass is 35.5. The molecule has 0 aromatic heterocycles. The number of carbonyl (C=O) groups excluding carboxylic acids is 1. The van der Waals surface area contributed by atoms with Crippen molar-refractivity contribution in [1.82, 2.24) is 5.32 Å². The fourth-order valence-corrected chi connectivity index (χ4v) is 5.53. The number of anilines is 1. The Morgan fingerprint density at radius 2 is 1.76 bits per heavy atom. The molecule has 0 radical (unpaired) electrons. The second kappa shape index (κ2) is 11.0. The zero-order chi connectivity index (χ0) is 25.1. The molecule has 0 saturated heterocycles. The molecular formula is C24H32Cl2N2O4S. The van der Waals surface area contributed by atoms with Crippen LogP contribution < -0.4 is 14.4 Å². The van der Waals surface area contributed by atoms with Crippen molar-refractivity contribution in [1.29, 1.82) is 0 Å². The van der Waals surface area contributed by atoms with Crippen LogP contribution in [0.15, 0.2) is 30.3 Å². The van der Waals surface area contributed by atoms with Gasteiger partial charge in [0.1, 0.15) is 11.8 Å². The number of hydrogen-bond donors (Lipinski definition) is 1. The lowest BCUT2D eigenvalue weighted by Gasteiger charge is -2.32. The first-order valence-electron chi connectivity index (χ1n) is 10.7. The van der Waals surface area contributed by atoms with Crippen LogP contribution in [0.3, 0.4) is 0 Å². The number of halogens is 2. The van der Waals surface area contributed by atoms with E-state index in [4.69, 9.17) is 27.9 Å². The number of carbonyl (C=O) groups is 1. The van der Waals surface area contributed by atoms with Gasteiger partial charge in [-0.3, -0.25) is 9.10 Å². The van der Waals surface area contributed by atoms with Crippen molar-refractivity contribution in [2.24, 2.45) is 0 Å². The minimum absolute atomic E-state index is 0.170. The highest BCUT2D eigenvalue weighted by Gasteiger charge is 2.33. The van der Waals surface area contributed by atoms with Gasteiger partial charge in [0.2, 0.25) is 15.9 Å². The zero-order valence-electron chi connectivity index (χ0n) is 20.1. The highest BCUT2D eigenvalue weighted by Crippen LogP contribution is 2.34. The number of aryl methyl sites for hydroxylation is 1. The normalized spacial score (nSPS) is 13.5. The molecule has 0 heterocycles.